The van der Waals surface area contributed by atoms with Crippen molar-refractivity contribution in [3.8, 4) is 0 Å². The third-order valence-electron chi connectivity index (χ3n) is 2.40. The van der Waals surface area contributed by atoms with Crippen molar-refractivity contribution >= 4 is 5.71 Å². The molecule has 80 valence electrons. The summed E-state index contributed by atoms with van der Waals surface area (Å²) >= 11 is 0. The van der Waals surface area contributed by atoms with Gasteiger partial charge < -0.3 is 10.5 Å². The fourth-order valence-corrected chi connectivity index (χ4v) is 1.52. The van der Waals surface area contributed by atoms with Crippen LogP contribution in [0.2, 0.25) is 0 Å². The lowest BCUT2D eigenvalue weighted by Crippen LogP contribution is -1.96. The number of nitrogens with one attached hydrogen (secondary N) is 1. The van der Waals surface area contributed by atoms with Gasteiger partial charge in [0.15, 0.2) is 0 Å². The van der Waals surface area contributed by atoms with E-state index in [1.54, 1.807) is 18.2 Å². The molecular formula is C14H13NO. The number of aliphatic hydroxyl groups is 1. The number of hydrogen-bond donors (Lipinski definition) is 2. The standard InChI is InChI=1S/C14H13NO/c15-13-8-6-11(7-9-13)10-14(16)12-4-2-1-3-5-12/h1-10,14-16H. The molecule has 0 aromatic heterocycles. The molecule has 0 spiro atoms. The molecule has 1 aliphatic carbocycles. The Morgan fingerprint density at radius 1 is 1.00 bits per heavy atom. The number of rotatable bonds is 2. The highest BCUT2D eigenvalue weighted by atomic mass is 16.3. The van der Waals surface area contributed by atoms with Gasteiger partial charge in [0, 0.05) is 0 Å². The van der Waals surface area contributed by atoms with E-state index in [0.717, 1.165) is 11.1 Å². The third kappa shape index (κ3) is 2.55. The Kier molecular flexibility index (Phi) is 3.13. The number of allylic oxidation sites excluding steroid dienone is 5. The average Bonchev–Trinajstić information content (AvgIpc) is 2.33. The van der Waals surface area contributed by atoms with Crippen LogP contribution in [-0.4, -0.2) is 10.8 Å². The molecule has 16 heavy (non-hydrogen) atoms. The molecule has 1 atom stereocenters. The van der Waals surface area contributed by atoms with Gasteiger partial charge in [-0.25, -0.2) is 0 Å². The summed E-state index contributed by atoms with van der Waals surface area (Å²) in [4.78, 5) is 0. The second-order valence-corrected chi connectivity index (χ2v) is 3.64. The predicted molar refractivity (Wildman–Crippen MR) is 65.5 cm³/mol. The summed E-state index contributed by atoms with van der Waals surface area (Å²) < 4.78 is 0. The molecule has 0 bridgehead atoms. The fourth-order valence-electron chi connectivity index (χ4n) is 1.52. The van der Waals surface area contributed by atoms with Crippen LogP contribution in [0.15, 0.2) is 66.3 Å². The largest absolute Gasteiger partial charge is 0.384 e. The van der Waals surface area contributed by atoms with Gasteiger partial charge in [0.05, 0.1) is 11.8 Å². The van der Waals surface area contributed by atoms with E-state index in [0.29, 0.717) is 5.71 Å². The van der Waals surface area contributed by atoms with Crippen LogP contribution in [0.1, 0.15) is 11.7 Å². The van der Waals surface area contributed by atoms with E-state index >= 15 is 0 Å². The first-order chi connectivity index (χ1) is 7.75. The molecular weight excluding hydrogens is 198 g/mol. The molecule has 2 heteroatoms. The van der Waals surface area contributed by atoms with Crippen LogP contribution in [0.4, 0.5) is 0 Å². The van der Waals surface area contributed by atoms with E-state index in [1.165, 1.54) is 0 Å². The van der Waals surface area contributed by atoms with Crippen LogP contribution in [0.25, 0.3) is 0 Å². The van der Waals surface area contributed by atoms with Crippen molar-refractivity contribution in [1.82, 2.24) is 0 Å². The Balaban J connectivity index is 2.16. The lowest BCUT2D eigenvalue weighted by atomic mass is 10.0. The van der Waals surface area contributed by atoms with Gasteiger partial charge in [-0.15, -0.1) is 0 Å². The molecule has 0 saturated carbocycles. The Hall–Kier alpha value is -1.93. The van der Waals surface area contributed by atoms with Crippen molar-refractivity contribution in [2.24, 2.45) is 0 Å². The van der Waals surface area contributed by atoms with Crippen molar-refractivity contribution in [2.45, 2.75) is 6.10 Å². The van der Waals surface area contributed by atoms with Crippen LogP contribution in [-0.2, 0) is 0 Å². The zero-order valence-electron chi connectivity index (χ0n) is 8.80. The molecule has 2 nitrogen and oxygen atoms in total. The monoisotopic (exact) mass is 211 g/mol. The number of benzene rings is 1. The van der Waals surface area contributed by atoms with Gasteiger partial charge in [0.1, 0.15) is 0 Å². The first kappa shape index (κ1) is 10.6. The highest BCUT2D eigenvalue weighted by molar-refractivity contribution is 6.03. The third-order valence-corrected chi connectivity index (χ3v) is 2.40. The minimum Gasteiger partial charge on any atom is -0.384 e. The molecule has 2 rings (SSSR count). The van der Waals surface area contributed by atoms with E-state index in [4.69, 9.17) is 5.41 Å². The summed E-state index contributed by atoms with van der Waals surface area (Å²) in [5.41, 5.74) is 2.27. The fraction of sp³-hybridized carbons (Fsp3) is 0.0714. The average molecular weight is 211 g/mol. The molecule has 0 amide bonds. The van der Waals surface area contributed by atoms with Crippen LogP contribution < -0.4 is 0 Å². The SMILES string of the molecule is N=C1C=CC(=CC(O)c2ccccc2)C=C1. The summed E-state index contributed by atoms with van der Waals surface area (Å²) in [6, 6.07) is 9.50. The smallest absolute Gasteiger partial charge is 0.0980 e. The number of hydrogen-bond acceptors (Lipinski definition) is 2. The quantitative estimate of drug-likeness (QED) is 0.776. The molecule has 0 saturated heterocycles. The summed E-state index contributed by atoms with van der Waals surface area (Å²) in [5.74, 6) is 0. The molecule has 2 N–H and O–H groups in total. The molecule has 0 fully saturated rings. The molecule has 0 radical (unpaired) electrons. The van der Waals surface area contributed by atoms with Crippen LogP contribution in [0.5, 0.6) is 0 Å². The van der Waals surface area contributed by atoms with Gasteiger partial charge in [0.2, 0.25) is 0 Å². The second-order valence-electron chi connectivity index (χ2n) is 3.64. The van der Waals surface area contributed by atoms with Gasteiger partial charge in [-0.1, -0.05) is 42.5 Å². The highest BCUT2D eigenvalue weighted by Crippen LogP contribution is 2.17. The zero-order valence-corrected chi connectivity index (χ0v) is 8.80. The van der Waals surface area contributed by atoms with Gasteiger partial charge in [-0.2, -0.15) is 0 Å². The van der Waals surface area contributed by atoms with Gasteiger partial charge >= 0.3 is 0 Å². The van der Waals surface area contributed by atoms with Crippen molar-refractivity contribution in [2.75, 3.05) is 0 Å². The van der Waals surface area contributed by atoms with Crippen molar-refractivity contribution in [3.63, 3.8) is 0 Å². The molecule has 0 heterocycles. The molecule has 1 aromatic rings. The minimum absolute atomic E-state index is 0.478. The van der Waals surface area contributed by atoms with Crippen LogP contribution >= 0.6 is 0 Å². The van der Waals surface area contributed by atoms with Gasteiger partial charge in [0.25, 0.3) is 0 Å². The predicted octanol–water partition coefficient (Wildman–Crippen LogP) is 2.79. The Morgan fingerprint density at radius 2 is 1.62 bits per heavy atom. The topological polar surface area (TPSA) is 44.1 Å². The van der Waals surface area contributed by atoms with Crippen molar-refractivity contribution in [1.29, 1.82) is 5.41 Å². The zero-order chi connectivity index (χ0) is 11.4. The minimum atomic E-state index is -0.599. The maximum atomic E-state index is 9.94. The molecule has 1 aromatic carbocycles. The molecule has 1 aliphatic rings. The summed E-state index contributed by atoms with van der Waals surface area (Å²) in [5, 5.41) is 17.3. The van der Waals surface area contributed by atoms with Crippen LogP contribution in [0, 0.1) is 5.41 Å². The first-order valence-electron chi connectivity index (χ1n) is 5.15. The lowest BCUT2D eigenvalue weighted by Gasteiger charge is -2.08. The van der Waals surface area contributed by atoms with Crippen molar-refractivity contribution in [3.05, 3.63) is 71.8 Å². The van der Waals surface area contributed by atoms with Gasteiger partial charge in [-0.05, 0) is 29.4 Å². The summed E-state index contributed by atoms with van der Waals surface area (Å²) in [6.07, 6.45) is 8.25. The van der Waals surface area contributed by atoms with Gasteiger partial charge in [-0.3, -0.25) is 0 Å². The van der Waals surface area contributed by atoms with E-state index in [2.05, 4.69) is 0 Å². The number of aliphatic hydroxyl groups excluding tert-OH is 1. The Bertz CT molecular complexity index is 451. The Labute approximate surface area is 94.8 Å². The van der Waals surface area contributed by atoms with E-state index in [9.17, 15) is 5.11 Å². The first-order valence-corrected chi connectivity index (χ1v) is 5.15. The second kappa shape index (κ2) is 4.73. The molecule has 1 unspecified atom stereocenters. The van der Waals surface area contributed by atoms with E-state index < -0.39 is 6.10 Å². The van der Waals surface area contributed by atoms with E-state index in [1.807, 2.05) is 42.5 Å². The van der Waals surface area contributed by atoms with Crippen molar-refractivity contribution < 1.29 is 5.11 Å². The highest BCUT2D eigenvalue weighted by Gasteiger charge is 2.04. The lowest BCUT2D eigenvalue weighted by molar-refractivity contribution is 0.228. The summed E-state index contributed by atoms with van der Waals surface area (Å²) in [7, 11) is 0. The maximum Gasteiger partial charge on any atom is 0.0980 e. The molecule has 0 aliphatic heterocycles. The summed E-state index contributed by atoms with van der Waals surface area (Å²) in [6.45, 7) is 0. The van der Waals surface area contributed by atoms with E-state index in [-0.39, 0.29) is 0 Å². The maximum absolute atomic E-state index is 9.94. The normalized spacial score (nSPS) is 16.3. The Morgan fingerprint density at radius 3 is 2.25 bits per heavy atom. The van der Waals surface area contributed by atoms with Crippen LogP contribution in [0.3, 0.4) is 0 Å².